The topological polar surface area (TPSA) is 0 Å². The van der Waals surface area contributed by atoms with Gasteiger partial charge in [0.2, 0.25) is 0 Å². The quantitative estimate of drug-likeness (QED) is 0.255. The molecule has 0 aliphatic carbocycles. The van der Waals surface area contributed by atoms with E-state index >= 15 is 0 Å². The maximum atomic E-state index is 2.46. The van der Waals surface area contributed by atoms with Crippen LogP contribution in [0.3, 0.4) is 0 Å². The van der Waals surface area contributed by atoms with Crippen molar-refractivity contribution in [3.8, 4) is 11.1 Å². The molecule has 0 heteroatoms. The Morgan fingerprint density at radius 2 is 0.667 bits per heavy atom. The Balaban J connectivity index is 2.06. The predicted molar refractivity (Wildman–Crippen MR) is 162 cm³/mol. The van der Waals surface area contributed by atoms with Crippen molar-refractivity contribution in [3.63, 3.8) is 0 Å². The summed E-state index contributed by atoms with van der Waals surface area (Å²) < 4.78 is 0. The zero-order chi connectivity index (χ0) is 26.8. The van der Waals surface area contributed by atoms with Gasteiger partial charge >= 0.3 is 0 Å². The van der Waals surface area contributed by atoms with Crippen LogP contribution in [0.5, 0.6) is 0 Å². The van der Waals surface area contributed by atoms with Crippen molar-refractivity contribution >= 4 is 21.5 Å². The molecule has 0 aliphatic heterocycles. The van der Waals surface area contributed by atoms with Crippen LogP contribution in [-0.4, -0.2) is 0 Å². The Labute approximate surface area is 220 Å². The lowest BCUT2D eigenvalue weighted by Gasteiger charge is -2.29. The number of hydrogen-bond acceptors (Lipinski definition) is 0. The van der Waals surface area contributed by atoms with Crippen molar-refractivity contribution in [1.82, 2.24) is 0 Å². The predicted octanol–water partition coefficient (Wildman–Crippen LogP) is 10.8. The maximum absolute atomic E-state index is 2.46. The SMILES string of the molecule is CC(C)(C)c1ccc2cc(-c3cc4ccc(C(C)(C)C)cc4cc3C(C)(C)C)c(C(C)(C)C)cc2c1. The molecule has 0 spiro atoms. The zero-order valence-electron chi connectivity index (χ0n) is 24.8. The Morgan fingerprint density at radius 3 is 0.944 bits per heavy atom. The number of fused-ring (bicyclic) bond motifs is 2. The summed E-state index contributed by atoms with van der Waals surface area (Å²) in [4.78, 5) is 0. The van der Waals surface area contributed by atoms with Gasteiger partial charge < -0.3 is 0 Å². The molecule has 0 heterocycles. The van der Waals surface area contributed by atoms with Crippen LogP contribution in [0.1, 0.15) is 105 Å². The third kappa shape index (κ3) is 5.10. The van der Waals surface area contributed by atoms with Crippen molar-refractivity contribution < 1.29 is 0 Å². The molecule has 4 rings (SSSR count). The van der Waals surface area contributed by atoms with Crippen molar-refractivity contribution in [3.05, 3.63) is 82.9 Å². The number of hydrogen-bond donors (Lipinski definition) is 0. The van der Waals surface area contributed by atoms with E-state index in [9.17, 15) is 0 Å². The van der Waals surface area contributed by atoms with Gasteiger partial charge in [0.15, 0.2) is 0 Å². The Hall–Kier alpha value is -2.60. The van der Waals surface area contributed by atoms with E-state index in [0.717, 1.165) is 0 Å². The van der Waals surface area contributed by atoms with Crippen LogP contribution < -0.4 is 0 Å². The fourth-order valence-electron chi connectivity index (χ4n) is 5.22. The first-order valence-corrected chi connectivity index (χ1v) is 13.5. The lowest BCUT2D eigenvalue weighted by atomic mass is 9.75. The molecule has 4 aromatic carbocycles. The molecule has 0 aromatic heterocycles. The Bertz CT molecular complexity index is 1320. The largest absolute Gasteiger partial charge is 0.0579 e. The van der Waals surface area contributed by atoms with Crippen LogP contribution in [0.15, 0.2) is 60.7 Å². The summed E-state index contributed by atoms with van der Waals surface area (Å²) in [5.74, 6) is 0. The molecule has 0 nitrogen and oxygen atoms in total. The molecular formula is C36H46. The highest BCUT2D eigenvalue weighted by molar-refractivity contribution is 5.95. The van der Waals surface area contributed by atoms with Crippen molar-refractivity contribution in [2.45, 2.75) is 105 Å². The van der Waals surface area contributed by atoms with E-state index < -0.39 is 0 Å². The van der Waals surface area contributed by atoms with Crippen molar-refractivity contribution in [1.29, 1.82) is 0 Å². The van der Waals surface area contributed by atoms with Gasteiger partial charge in [0.25, 0.3) is 0 Å². The van der Waals surface area contributed by atoms with Crippen molar-refractivity contribution in [2.75, 3.05) is 0 Å². The van der Waals surface area contributed by atoms with E-state index in [1.165, 1.54) is 54.9 Å². The second kappa shape index (κ2) is 8.47. The van der Waals surface area contributed by atoms with Gasteiger partial charge in [-0.2, -0.15) is 0 Å². The van der Waals surface area contributed by atoms with Gasteiger partial charge in [-0.3, -0.25) is 0 Å². The second-order valence-corrected chi connectivity index (χ2v) is 14.9. The second-order valence-electron chi connectivity index (χ2n) is 14.9. The van der Waals surface area contributed by atoms with Gasteiger partial charge in [-0.1, -0.05) is 119 Å². The molecule has 0 atom stereocenters. The minimum atomic E-state index is 0.0292. The number of benzene rings is 4. The molecule has 0 fully saturated rings. The van der Waals surface area contributed by atoms with E-state index in [1.807, 2.05) is 0 Å². The van der Waals surface area contributed by atoms with Crippen LogP contribution in [0, 0.1) is 0 Å². The Kier molecular flexibility index (Phi) is 6.23. The normalized spacial score (nSPS) is 13.6. The smallest absolute Gasteiger partial charge is 0.0125 e. The first-order chi connectivity index (χ1) is 16.4. The number of rotatable bonds is 1. The fourth-order valence-corrected chi connectivity index (χ4v) is 5.22. The van der Waals surface area contributed by atoms with E-state index in [0.29, 0.717) is 0 Å². The third-order valence-corrected chi connectivity index (χ3v) is 7.59. The molecule has 0 N–H and O–H groups in total. The van der Waals surface area contributed by atoms with Gasteiger partial charge in [-0.05, 0) is 101 Å². The van der Waals surface area contributed by atoms with Gasteiger partial charge in [-0.15, -0.1) is 0 Å². The molecule has 0 aliphatic rings. The van der Waals surface area contributed by atoms with Gasteiger partial charge in [0.05, 0.1) is 0 Å². The summed E-state index contributed by atoms with van der Waals surface area (Å²) >= 11 is 0. The minimum absolute atomic E-state index is 0.0292. The average molecular weight is 479 g/mol. The van der Waals surface area contributed by atoms with Gasteiger partial charge in [-0.25, -0.2) is 0 Å². The van der Waals surface area contributed by atoms with E-state index in [1.54, 1.807) is 0 Å². The first-order valence-electron chi connectivity index (χ1n) is 13.5. The van der Waals surface area contributed by atoms with Crippen LogP contribution in [0.4, 0.5) is 0 Å². The highest BCUT2D eigenvalue weighted by atomic mass is 14.3. The van der Waals surface area contributed by atoms with Gasteiger partial charge in [0, 0.05) is 0 Å². The zero-order valence-corrected chi connectivity index (χ0v) is 24.8. The minimum Gasteiger partial charge on any atom is -0.0579 e. The molecular weight excluding hydrogens is 432 g/mol. The summed E-state index contributed by atoms with van der Waals surface area (Å²) in [6.07, 6.45) is 0. The monoisotopic (exact) mass is 478 g/mol. The summed E-state index contributed by atoms with van der Waals surface area (Å²) in [6, 6.07) is 23.9. The molecule has 0 radical (unpaired) electrons. The third-order valence-electron chi connectivity index (χ3n) is 7.59. The standard InChI is InChI=1S/C36H46/c1-33(2,3)27-15-13-23-19-29(31(35(7,8)9)21-25(23)17-27)30-20-24-14-16-28(34(4,5)6)18-26(24)22-32(30)36(10,11)12/h13-22H,1-12H3. The molecule has 4 aromatic rings. The molecule has 0 saturated carbocycles. The van der Waals surface area contributed by atoms with Crippen LogP contribution >= 0.6 is 0 Å². The van der Waals surface area contributed by atoms with Crippen LogP contribution in [-0.2, 0) is 21.7 Å². The van der Waals surface area contributed by atoms with Crippen LogP contribution in [0.2, 0.25) is 0 Å². The average Bonchev–Trinajstić information content (AvgIpc) is 2.74. The van der Waals surface area contributed by atoms with Crippen LogP contribution in [0.25, 0.3) is 32.7 Å². The summed E-state index contributed by atoms with van der Waals surface area (Å²) in [7, 11) is 0. The van der Waals surface area contributed by atoms with E-state index in [2.05, 4.69) is 144 Å². The lowest BCUT2D eigenvalue weighted by Crippen LogP contribution is -2.17. The van der Waals surface area contributed by atoms with Gasteiger partial charge in [0.1, 0.15) is 0 Å². The highest BCUT2D eigenvalue weighted by Gasteiger charge is 2.26. The summed E-state index contributed by atoms with van der Waals surface area (Å²) in [6.45, 7) is 27.8. The van der Waals surface area contributed by atoms with Crippen molar-refractivity contribution in [2.24, 2.45) is 0 Å². The molecule has 0 amide bonds. The van der Waals surface area contributed by atoms with E-state index in [-0.39, 0.29) is 21.7 Å². The summed E-state index contributed by atoms with van der Waals surface area (Å²) in [5.41, 5.74) is 8.67. The molecule has 0 saturated heterocycles. The molecule has 0 unspecified atom stereocenters. The first kappa shape index (κ1) is 26.5. The summed E-state index contributed by atoms with van der Waals surface area (Å²) in [5, 5.41) is 5.30. The molecule has 190 valence electrons. The molecule has 0 bridgehead atoms. The maximum Gasteiger partial charge on any atom is -0.0125 e. The Morgan fingerprint density at radius 1 is 0.333 bits per heavy atom. The lowest BCUT2D eigenvalue weighted by molar-refractivity contribution is 0.585. The van der Waals surface area contributed by atoms with E-state index in [4.69, 9.17) is 0 Å². The highest BCUT2D eigenvalue weighted by Crippen LogP contribution is 2.43. The fraction of sp³-hybridized carbons (Fsp3) is 0.444. The molecule has 36 heavy (non-hydrogen) atoms.